The molecule has 5 heteroatoms. The second kappa shape index (κ2) is 5.16. The molecule has 0 saturated carbocycles. The number of hydrogen-bond donors (Lipinski definition) is 0. The van der Waals surface area contributed by atoms with E-state index >= 15 is 0 Å². The number of hydrogen-bond acceptors (Lipinski definition) is 4. The highest BCUT2D eigenvalue weighted by molar-refractivity contribution is 14.1. The maximum absolute atomic E-state index is 10.9. The van der Waals surface area contributed by atoms with Crippen LogP contribution in [-0.4, -0.2) is 13.1 Å². The third-order valence-corrected chi connectivity index (χ3v) is 2.98. The van der Waals surface area contributed by atoms with E-state index in [2.05, 4.69) is 6.07 Å². The third kappa shape index (κ3) is 2.44. The molecule has 4 nitrogen and oxygen atoms in total. The highest BCUT2D eigenvalue weighted by atomic mass is 127. The van der Waals surface area contributed by atoms with Crippen LogP contribution < -0.4 is 9.47 Å². The predicted octanol–water partition coefficient (Wildman–Crippen LogP) is 2.41. The SMILES string of the molecule is COc1c(OC(C)=O)cc(C)c(C#N)c1I. The number of ether oxygens (including phenoxy) is 2. The molecule has 0 aromatic heterocycles. The molecule has 0 atom stereocenters. The van der Waals surface area contributed by atoms with E-state index < -0.39 is 5.97 Å². The summed E-state index contributed by atoms with van der Waals surface area (Å²) in [7, 11) is 1.47. The van der Waals surface area contributed by atoms with E-state index in [4.69, 9.17) is 14.7 Å². The van der Waals surface area contributed by atoms with Gasteiger partial charge in [0.15, 0.2) is 11.5 Å². The molecule has 1 rings (SSSR count). The zero-order valence-electron chi connectivity index (χ0n) is 9.13. The Bertz CT molecular complexity index is 477. The van der Waals surface area contributed by atoms with Gasteiger partial charge in [0.2, 0.25) is 0 Å². The molecule has 0 radical (unpaired) electrons. The summed E-state index contributed by atoms with van der Waals surface area (Å²) in [5.41, 5.74) is 1.29. The molecule has 0 bridgehead atoms. The van der Waals surface area contributed by atoms with E-state index in [0.717, 1.165) is 5.56 Å². The van der Waals surface area contributed by atoms with Gasteiger partial charge in [0.25, 0.3) is 0 Å². The van der Waals surface area contributed by atoms with E-state index in [1.165, 1.54) is 14.0 Å². The average molecular weight is 331 g/mol. The van der Waals surface area contributed by atoms with Crippen molar-refractivity contribution in [2.45, 2.75) is 13.8 Å². The highest BCUT2D eigenvalue weighted by Gasteiger charge is 2.17. The van der Waals surface area contributed by atoms with Crippen LogP contribution in [0.3, 0.4) is 0 Å². The van der Waals surface area contributed by atoms with Crippen molar-refractivity contribution in [3.05, 3.63) is 20.8 Å². The lowest BCUT2D eigenvalue weighted by Gasteiger charge is -2.12. The zero-order chi connectivity index (χ0) is 12.3. The van der Waals surface area contributed by atoms with Gasteiger partial charge in [-0.3, -0.25) is 4.79 Å². The van der Waals surface area contributed by atoms with Crippen LogP contribution >= 0.6 is 22.6 Å². The second-order valence-electron chi connectivity index (χ2n) is 3.12. The number of aryl methyl sites for hydroxylation is 1. The third-order valence-electron chi connectivity index (χ3n) is 1.95. The molecular formula is C11H10INO3. The summed E-state index contributed by atoms with van der Waals surface area (Å²) in [6.07, 6.45) is 0. The van der Waals surface area contributed by atoms with Gasteiger partial charge in [-0.25, -0.2) is 0 Å². The van der Waals surface area contributed by atoms with E-state index in [1.54, 1.807) is 13.0 Å². The minimum Gasteiger partial charge on any atom is -0.492 e. The van der Waals surface area contributed by atoms with Crippen LogP contribution in [0.2, 0.25) is 0 Å². The molecule has 84 valence electrons. The van der Waals surface area contributed by atoms with Gasteiger partial charge >= 0.3 is 5.97 Å². The fourth-order valence-electron chi connectivity index (χ4n) is 1.29. The molecule has 0 aliphatic heterocycles. The number of halogens is 1. The summed E-state index contributed by atoms with van der Waals surface area (Å²) < 4.78 is 10.8. The quantitative estimate of drug-likeness (QED) is 0.474. The lowest BCUT2D eigenvalue weighted by Crippen LogP contribution is -2.05. The Morgan fingerprint density at radius 3 is 2.62 bits per heavy atom. The van der Waals surface area contributed by atoms with Crippen molar-refractivity contribution in [3.8, 4) is 17.6 Å². The average Bonchev–Trinajstić information content (AvgIpc) is 2.17. The first kappa shape index (κ1) is 12.8. The Morgan fingerprint density at radius 1 is 1.56 bits per heavy atom. The largest absolute Gasteiger partial charge is 0.492 e. The molecule has 0 amide bonds. The Hall–Kier alpha value is -1.29. The molecule has 0 saturated heterocycles. The van der Waals surface area contributed by atoms with Crippen molar-refractivity contribution < 1.29 is 14.3 Å². The van der Waals surface area contributed by atoms with Gasteiger partial charge in [-0.05, 0) is 41.1 Å². The lowest BCUT2D eigenvalue weighted by molar-refractivity contribution is -0.132. The number of carbonyl (C=O) groups excluding carboxylic acids is 1. The summed E-state index contributed by atoms with van der Waals surface area (Å²) in [5, 5.41) is 8.97. The van der Waals surface area contributed by atoms with Crippen molar-refractivity contribution in [2.24, 2.45) is 0 Å². The van der Waals surface area contributed by atoms with Crippen LogP contribution in [0.15, 0.2) is 6.07 Å². The minimum absolute atomic E-state index is 0.343. The van der Waals surface area contributed by atoms with Crippen LogP contribution in [0.25, 0.3) is 0 Å². The molecule has 0 fully saturated rings. The van der Waals surface area contributed by atoms with Crippen molar-refractivity contribution in [3.63, 3.8) is 0 Å². The number of esters is 1. The topological polar surface area (TPSA) is 59.3 Å². The molecule has 0 heterocycles. The van der Waals surface area contributed by atoms with E-state index in [9.17, 15) is 4.79 Å². The smallest absolute Gasteiger partial charge is 0.308 e. The van der Waals surface area contributed by atoms with Gasteiger partial charge in [-0.2, -0.15) is 5.26 Å². The van der Waals surface area contributed by atoms with Gasteiger partial charge in [0.1, 0.15) is 6.07 Å². The van der Waals surface area contributed by atoms with E-state index in [-0.39, 0.29) is 0 Å². The van der Waals surface area contributed by atoms with E-state index in [1.807, 2.05) is 22.6 Å². The maximum Gasteiger partial charge on any atom is 0.308 e. The number of methoxy groups -OCH3 is 1. The van der Waals surface area contributed by atoms with Crippen LogP contribution in [0.5, 0.6) is 11.5 Å². The molecule has 16 heavy (non-hydrogen) atoms. The molecule has 0 aliphatic rings. The summed E-state index contributed by atoms with van der Waals surface area (Å²) in [6, 6.07) is 3.72. The number of nitriles is 1. The maximum atomic E-state index is 10.9. The fourth-order valence-corrected chi connectivity index (χ4v) is 2.32. The second-order valence-corrected chi connectivity index (χ2v) is 4.20. The Balaban J connectivity index is 3.41. The molecule has 0 spiro atoms. The van der Waals surface area contributed by atoms with Crippen molar-refractivity contribution in [1.29, 1.82) is 5.26 Å². The zero-order valence-corrected chi connectivity index (χ0v) is 11.3. The first-order valence-electron chi connectivity index (χ1n) is 4.46. The first-order chi connectivity index (χ1) is 7.51. The normalized spacial score (nSPS) is 9.44. The van der Waals surface area contributed by atoms with Crippen molar-refractivity contribution >= 4 is 28.6 Å². The van der Waals surface area contributed by atoms with Gasteiger partial charge in [0, 0.05) is 6.92 Å². The molecule has 0 N–H and O–H groups in total. The Labute approximate surface area is 107 Å². The monoisotopic (exact) mass is 331 g/mol. The summed E-state index contributed by atoms with van der Waals surface area (Å²) in [6.45, 7) is 3.10. The van der Waals surface area contributed by atoms with Crippen LogP contribution in [0.4, 0.5) is 0 Å². The summed E-state index contributed by atoms with van der Waals surface area (Å²) in [5.74, 6) is 0.340. The molecule has 1 aromatic rings. The standard InChI is InChI=1S/C11H10INO3/c1-6-4-9(16-7(2)14)11(15-3)10(12)8(6)5-13/h4H,1-3H3. The summed E-state index contributed by atoms with van der Waals surface area (Å²) in [4.78, 5) is 10.9. The van der Waals surface area contributed by atoms with Crippen LogP contribution in [-0.2, 0) is 4.79 Å². The van der Waals surface area contributed by atoms with Crippen LogP contribution in [0.1, 0.15) is 18.1 Å². The number of rotatable bonds is 2. The number of nitrogens with zero attached hydrogens (tertiary/aromatic N) is 1. The Kier molecular flexibility index (Phi) is 4.12. The lowest BCUT2D eigenvalue weighted by atomic mass is 10.1. The van der Waals surface area contributed by atoms with Gasteiger partial charge in [0.05, 0.1) is 16.2 Å². The summed E-state index contributed by atoms with van der Waals surface area (Å²) >= 11 is 2.00. The van der Waals surface area contributed by atoms with Crippen LogP contribution in [0, 0.1) is 21.8 Å². The van der Waals surface area contributed by atoms with Crippen molar-refractivity contribution in [2.75, 3.05) is 7.11 Å². The number of carbonyl (C=O) groups is 1. The highest BCUT2D eigenvalue weighted by Crippen LogP contribution is 2.36. The fraction of sp³-hybridized carbons (Fsp3) is 0.273. The van der Waals surface area contributed by atoms with Gasteiger partial charge < -0.3 is 9.47 Å². The molecule has 0 aliphatic carbocycles. The van der Waals surface area contributed by atoms with E-state index in [0.29, 0.717) is 20.6 Å². The Morgan fingerprint density at radius 2 is 2.19 bits per heavy atom. The van der Waals surface area contributed by atoms with Gasteiger partial charge in [-0.1, -0.05) is 0 Å². The van der Waals surface area contributed by atoms with Gasteiger partial charge in [-0.15, -0.1) is 0 Å². The predicted molar refractivity (Wildman–Crippen MR) is 66.5 cm³/mol. The number of benzene rings is 1. The minimum atomic E-state index is -0.418. The van der Waals surface area contributed by atoms with Crippen molar-refractivity contribution in [1.82, 2.24) is 0 Å². The first-order valence-corrected chi connectivity index (χ1v) is 5.54. The molecule has 1 aromatic carbocycles. The molecular weight excluding hydrogens is 321 g/mol. The molecule has 0 unspecified atom stereocenters.